The van der Waals surface area contributed by atoms with Crippen molar-refractivity contribution >= 4 is 11.3 Å². The number of ether oxygens (including phenoxy) is 2. The van der Waals surface area contributed by atoms with Crippen LogP contribution in [0.3, 0.4) is 0 Å². The fourth-order valence-corrected chi connectivity index (χ4v) is 3.17. The molecule has 1 aromatic heterocycles. The summed E-state index contributed by atoms with van der Waals surface area (Å²) < 4.78 is 10.6. The summed E-state index contributed by atoms with van der Waals surface area (Å²) in [4.78, 5) is 2.48. The summed E-state index contributed by atoms with van der Waals surface area (Å²) >= 11 is 1.75. The van der Waals surface area contributed by atoms with Crippen LogP contribution in [0.15, 0.2) is 30.3 Å². The van der Waals surface area contributed by atoms with Gasteiger partial charge in [-0.15, -0.1) is 11.3 Å². The quantitative estimate of drug-likeness (QED) is 0.917. The molecule has 0 radical (unpaired) electrons. The van der Waals surface area contributed by atoms with Crippen LogP contribution in [-0.2, 0) is 12.0 Å². The van der Waals surface area contributed by atoms with Crippen LogP contribution in [0.4, 0.5) is 0 Å². The summed E-state index contributed by atoms with van der Waals surface area (Å²) in [6.45, 7) is 4.16. The number of aryl methyl sites for hydroxylation is 1. The van der Waals surface area contributed by atoms with E-state index >= 15 is 0 Å². The van der Waals surface area contributed by atoms with E-state index in [1.807, 2.05) is 18.2 Å². The lowest BCUT2D eigenvalue weighted by Gasteiger charge is -2.24. The summed E-state index contributed by atoms with van der Waals surface area (Å²) in [6, 6.07) is 10.2. The van der Waals surface area contributed by atoms with Crippen molar-refractivity contribution in [3.63, 3.8) is 0 Å². The maximum absolute atomic E-state index is 6.48. The number of rotatable bonds is 5. The van der Waals surface area contributed by atoms with E-state index in [-0.39, 0.29) is 5.54 Å². The van der Waals surface area contributed by atoms with E-state index in [0.29, 0.717) is 0 Å². The molecule has 0 aliphatic heterocycles. The van der Waals surface area contributed by atoms with Gasteiger partial charge in [0.2, 0.25) is 0 Å². The van der Waals surface area contributed by atoms with Crippen molar-refractivity contribution in [1.82, 2.24) is 0 Å². The second kappa shape index (κ2) is 5.85. The third-order valence-corrected chi connectivity index (χ3v) is 4.60. The van der Waals surface area contributed by atoms with E-state index < -0.39 is 0 Å². The Morgan fingerprint density at radius 2 is 1.80 bits per heavy atom. The standard InChI is InChI=1S/C16H21NO2S/c1-11-5-8-15(20-11)16(2,17)10-12-6-7-13(18-3)14(9-12)19-4/h5-9H,10,17H2,1-4H3. The lowest BCUT2D eigenvalue weighted by Crippen LogP contribution is -2.34. The summed E-state index contributed by atoms with van der Waals surface area (Å²) in [5.74, 6) is 1.48. The Balaban J connectivity index is 2.25. The smallest absolute Gasteiger partial charge is 0.160 e. The molecule has 1 unspecified atom stereocenters. The Morgan fingerprint density at radius 3 is 2.35 bits per heavy atom. The van der Waals surface area contributed by atoms with E-state index in [9.17, 15) is 0 Å². The number of benzene rings is 1. The normalized spacial score (nSPS) is 13.8. The minimum atomic E-state index is -0.376. The molecule has 0 saturated heterocycles. The number of methoxy groups -OCH3 is 2. The maximum atomic E-state index is 6.48. The summed E-state index contributed by atoms with van der Waals surface area (Å²) in [5, 5.41) is 0. The molecule has 0 aliphatic carbocycles. The van der Waals surface area contributed by atoms with Crippen LogP contribution in [0.5, 0.6) is 11.5 Å². The van der Waals surface area contributed by atoms with Gasteiger partial charge in [0.15, 0.2) is 11.5 Å². The van der Waals surface area contributed by atoms with Crippen LogP contribution >= 0.6 is 11.3 Å². The molecule has 2 aromatic rings. The van der Waals surface area contributed by atoms with Crippen molar-refractivity contribution < 1.29 is 9.47 Å². The first kappa shape index (κ1) is 14.9. The Labute approximate surface area is 124 Å². The molecule has 2 N–H and O–H groups in total. The van der Waals surface area contributed by atoms with Gasteiger partial charge in [-0.1, -0.05) is 6.07 Å². The summed E-state index contributed by atoms with van der Waals surface area (Å²) in [7, 11) is 3.28. The van der Waals surface area contributed by atoms with Crippen molar-refractivity contribution in [3.8, 4) is 11.5 Å². The van der Waals surface area contributed by atoms with E-state index in [1.165, 1.54) is 9.75 Å². The van der Waals surface area contributed by atoms with Crippen molar-refractivity contribution in [3.05, 3.63) is 45.6 Å². The topological polar surface area (TPSA) is 44.5 Å². The second-order valence-electron chi connectivity index (χ2n) is 5.19. The van der Waals surface area contributed by atoms with Crippen molar-refractivity contribution in [1.29, 1.82) is 0 Å². The Bertz CT molecular complexity index is 590. The highest BCUT2D eigenvalue weighted by atomic mass is 32.1. The zero-order valence-electron chi connectivity index (χ0n) is 12.4. The number of thiophene rings is 1. The van der Waals surface area contributed by atoms with Gasteiger partial charge in [0.1, 0.15) is 0 Å². The number of hydrogen-bond donors (Lipinski definition) is 1. The van der Waals surface area contributed by atoms with Crippen molar-refractivity contribution in [2.75, 3.05) is 14.2 Å². The average molecular weight is 291 g/mol. The van der Waals surface area contributed by atoms with Crippen LogP contribution in [-0.4, -0.2) is 14.2 Å². The molecule has 0 spiro atoms. The molecule has 0 bridgehead atoms. The van der Waals surface area contributed by atoms with Crippen LogP contribution < -0.4 is 15.2 Å². The van der Waals surface area contributed by atoms with Crippen LogP contribution in [0.1, 0.15) is 22.2 Å². The molecule has 4 heteroatoms. The van der Waals surface area contributed by atoms with Crippen molar-refractivity contribution in [2.24, 2.45) is 5.73 Å². The molecular weight excluding hydrogens is 270 g/mol. The van der Waals surface area contributed by atoms with Gasteiger partial charge in [-0.25, -0.2) is 0 Å². The highest BCUT2D eigenvalue weighted by Gasteiger charge is 2.24. The minimum absolute atomic E-state index is 0.376. The fraction of sp³-hybridized carbons (Fsp3) is 0.375. The van der Waals surface area contributed by atoms with E-state index in [4.69, 9.17) is 15.2 Å². The van der Waals surface area contributed by atoms with Gasteiger partial charge in [-0.05, 0) is 50.1 Å². The number of hydrogen-bond acceptors (Lipinski definition) is 4. The molecule has 1 aromatic carbocycles. The molecule has 2 rings (SSSR count). The SMILES string of the molecule is COc1ccc(CC(C)(N)c2ccc(C)s2)cc1OC. The highest BCUT2D eigenvalue weighted by molar-refractivity contribution is 7.12. The van der Waals surface area contributed by atoms with E-state index in [0.717, 1.165) is 23.5 Å². The van der Waals surface area contributed by atoms with Crippen LogP contribution in [0.25, 0.3) is 0 Å². The molecule has 1 atom stereocenters. The van der Waals surface area contributed by atoms with Crippen molar-refractivity contribution in [2.45, 2.75) is 25.8 Å². The average Bonchev–Trinajstić information content (AvgIpc) is 2.85. The van der Waals surface area contributed by atoms with Gasteiger partial charge >= 0.3 is 0 Å². The third-order valence-electron chi connectivity index (χ3n) is 3.32. The largest absolute Gasteiger partial charge is 0.493 e. The zero-order chi connectivity index (χ0) is 14.8. The van der Waals surface area contributed by atoms with E-state index in [1.54, 1.807) is 25.6 Å². The molecule has 0 amide bonds. The lowest BCUT2D eigenvalue weighted by atomic mass is 9.92. The van der Waals surface area contributed by atoms with Gasteiger partial charge in [0.25, 0.3) is 0 Å². The predicted octanol–water partition coefficient (Wildman–Crippen LogP) is 3.49. The van der Waals surface area contributed by atoms with Gasteiger partial charge in [0, 0.05) is 9.75 Å². The summed E-state index contributed by atoms with van der Waals surface area (Å²) in [5.41, 5.74) is 7.25. The Morgan fingerprint density at radius 1 is 1.10 bits per heavy atom. The molecule has 0 fully saturated rings. The first-order chi connectivity index (χ1) is 9.46. The molecular formula is C16H21NO2S. The Kier molecular flexibility index (Phi) is 4.35. The maximum Gasteiger partial charge on any atom is 0.160 e. The van der Waals surface area contributed by atoms with Gasteiger partial charge in [-0.3, -0.25) is 0 Å². The molecule has 0 saturated carbocycles. The lowest BCUT2D eigenvalue weighted by molar-refractivity contribution is 0.354. The van der Waals surface area contributed by atoms with E-state index in [2.05, 4.69) is 26.0 Å². The molecule has 3 nitrogen and oxygen atoms in total. The number of nitrogens with two attached hydrogens (primary N) is 1. The third kappa shape index (κ3) is 3.14. The van der Waals surface area contributed by atoms with Gasteiger partial charge in [-0.2, -0.15) is 0 Å². The van der Waals surface area contributed by atoms with Gasteiger partial charge < -0.3 is 15.2 Å². The highest BCUT2D eigenvalue weighted by Crippen LogP contribution is 2.32. The van der Waals surface area contributed by atoms with Gasteiger partial charge in [0.05, 0.1) is 19.8 Å². The summed E-state index contributed by atoms with van der Waals surface area (Å²) in [6.07, 6.45) is 0.757. The molecule has 0 aliphatic rings. The molecule has 1 heterocycles. The van der Waals surface area contributed by atoms with Crippen LogP contribution in [0.2, 0.25) is 0 Å². The van der Waals surface area contributed by atoms with Crippen LogP contribution in [0, 0.1) is 6.92 Å². The zero-order valence-corrected chi connectivity index (χ0v) is 13.2. The first-order valence-electron chi connectivity index (χ1n) is 6.53. The second-order valence-corrected chi connectivity index (χ2v) is 6.48. The fourth-order valence-electron chi connectivity index (χ4n) is 2.24. The first-order valence-corrected chi connectivity index (χ1v) is 7.34. The predicted molar refractivity (Wildman–Crippen MR) is 83.8 cm³/mol. The monoisotopic (exact) mass is 291 g/mol. The molecule has 108 valence electrons. The Hall–Kier alpha value is -1.52. The molecule has 20 heavy (non-hydrogen) atoms. The minimum Gasteiger partial charge on any atom is -0.493 e.